The second-order valence-electron chi connectivity index (χ2n) is 14.3. The molecule has 2 heterocycles. The first-order chi connectivity index (χ1) is 25.4. The number of aromatic nitrogens is 1. The Bertz CT molecular complexity index is 1760. The fraction of sp³-hybridized carbons (Fsp3) is 0.442. The van der Waals surface area contributed by atoms with Gasteiger partial charge in [-0.3, -0.25) is 9.78 Å². The van der Waals surface area contributed by atoms with Crippen molar-refractivity contribution in [1.82, 2.24) is 20.5 Å². The number of allylic oxidation sites excluding steroid dienone is 3. The van der Waals surface area contributed by atoms with Crippen molar-refractivity contribution in [3.05, 3.63) is 106 Å². The van der Waals surface area contributed by atoms with Gasteiger partial charge in [-0.25, -0.2) is 10.0 Å². The van der Waals surface area contributed by atoms with E-state index in [1.54, 1.807) is 0 Å². The van der Waals surface area contributed by atoms with Crippen LogP contribution >= 0.6 is 21.6 Å². The van der Waals surface area contributed by atoms with Crippen LogP contribution in [0.5, 0.6) is 17.2 Å². The van der Waals surface area contributed by atoms with Crippen LogP contribution in [0.1, 0.15) is 62.3 Å². The summed E-state index contributed by atoms with van der Waals surface area (Å²) < 4.78 is 19.1. The van der Waals surface area contributed by atoms with Crippen molar-refractivity contribution in [2.24, 2.45) is 0 Å². The minimum atomic E-state index is -0.933. The van der Waals surface area contributed by atoms with Crippen LogP contribution in [-0.4, -0.2) is 80.5 Å². The van der Waals surface area contributed by atoms with Gasteiger partial charge in [0.05, 0.1) is 11.6 Å². The monoisotopic (exact) mass is 762 g/mol. The number of carbonyl (C=O) groups excluding carboxylic acids is 1. The number of rotatable bonds is 20. The molecule has 8 nitrogen and oxygen atoms in total. The number of ether oxygens (including phenoxy) is 3. The first kappa shape index (κ1) is 42.0. The molecule has 3 aromatic rings. The summed E-state index contributed by atoms with van der Waals surface area (Å²) in [5.74, 6) is 1.94. The van der Waals surface area contributed by atoms with E-state index in [2.05, 4.69) is 104 Å². The minimum Gasteiger partial charge on any atom is -0.493 e. The smallest absolute Gasteiger partial charge is 0.243 e. The fourth-order valence-electron chi connectivity index (χ4n) is 6.20. The Morgan fingerprint density at radius 3 is 2.51 bits per heavy atom. The summed E-state index contributed by atoms with van der Waals surface area (Å²) in [6, 6.07) is 12.2. The summed E-state index contributed by atoms with van der Waals surface area (Å²) in [6.45, 7) is 18.4. The molecule has 2 N–H and O–H groups in total. The number of likely N-dealkylation sites (tertiary alicyclic amines) is 1. The molecule has 0 saturated carbocycles. The van der Waals surface area contributed by atoms with Crippen molar-refractivity contribution in [2.75, 3.05) is 64.7 Å². The first-order valence-electron chi connectivity index (χ1n) is 18.5. The molecule has 0 unspecified atom stereocenters. The zero-order valence-electron chi connectivity index (χ0n) is 32.8. The molecule has 0 radical (unpaired) electrons. The average Bonchev–Trinajstić information content (AvgIpc) is 3.67. The van der Waals surface area contributed by atoms with E-state index in [0.717, 1.165) is 57.7 Å². The summed E-state index contributed by atoms with van der Waals surface area (Å²) in [4.78, 5) is 19.8. The predicted molar refractivity (Wildman–Crippen MR) is 223 cm³/mol. The third-order valence-electron chi connectivity index (χ3n) is 9.51. The molecule has 1 amide bonds. The van der Waals surface area contributed by atoms with Gasteiger partial charge in [-0.1, -0.05) is 36.4 Å². The molecule has 2 aromatic carbocycles. The summed E-state index contributed by atoms with van der Waals surface area (Å²) in [5, 5.41) is 6.65. The Morgan fingerprint density at radius 2 is 1.79 bits per heavy atom. The van der Waals surface area contributed by atoms with E-state index >= 15 is 0 Å². The molecule has 53 heavy (non-hydrogen) atoms. The molecule has 0 aliphatic carbocycles. The lowest BCUT2D eigenvalue weighted by Gasteiger charge is -2.25. The normalized spacial score (nSPS) is 14.5. The molecule has 1 saturated heterocycles. The molecule has 4 rings (SSSR count). The lowest BCUT2D eigenvalue weighted by atomic mass is 9.92. The minimum absolute atomic E-state index is 0.203. The van der Waals surface area contributed by atoms with Crippen LogP contribution in [0.15, 0.2) is 83.6 Å². The Labute approximate surface area is 324 Å². The van der Waals surface area contributed by atoms with E-state index < -0.39 is 10.0 Å². The second-order valence-corrected chi connectivity index (χ2v) is 18.8. The van der Waals surface area contributed by atoms with Crippen LogP contribution in [-0.2, 0) is 17.9 Å². The number of carbonyl (C=O) groups is 1. The number of amides is 1. The zero-order chi connectivity index (χ0) is 38.4. The zero-order valence-corrected chi connectivity index (χ0v) is 34.4. The van der Waals surface area contributed by atoms with E-state index in [4.69, 9.17) is 25.8 Å². The predicted octanol–water partition coefficient (Wildman–Crippen LogP) is 8.75. The highest BCUT2D eigenvalue weighted by atomic mass is 35.5. The van der Waals surface area contributed by atoms with Crippen LogP contribution in [0.4, 0.5) is 0 Å². The van der Waals surface area contributed by atoms with Crippen LogP contribution in [0.3, 0.4) is 0 Å². The fourth-order valence-corrected chi connectivity index (χ4v) is 7.33. The van der Waals surface area contributed by atoms with Gasteiger partial charge in [0.2, 0.25) is 5.91 Å². The van der Waals surface area contributed by atoms with Crippen molar-refractivity contribution >= 4 is 33.1 Å². The van der Waals surface area contributed by atoms with Crippen LogP contribution in [0.2, 0.25) is 5.02 Å². The molecule has 1 aliphatic rings. The summed E-state index contributed by atoms with van der Waals surface area (Å²) in [5.41, 5.74) is 7.56. The Balaban J connectivity index is 1.48. The molecule has 0 spiro atoms. The van der Waals surface area contributed by atoms with Crippen molar-refractivity contribution in [2.45, 2.75) is 65.0 Å². The van der Waals surface area contributed by atoms with E-state index in [9.17, 15) is 4.79 Å². The van der Waals surface area contributed by atoms with Gasteiger partial charge in [0, 0.05) is 60.7 Å². The van der Waals surface area contributed by atoms with Gasteiger partial charge < -0.3 is 29.7 Å². The standard InChI is InChI=1S/C43H59ClN4O4S/c1-9-37(38-15-13-16-40(33(38)5)50-22-14-21-48-19-11-12-20-48)32(4)31(3)29-51-42-25-41(52-30-34-23-36(28-46-26-34)53(6,7)8)35(24-39(42)44)27-45-17-18-47-43(49)10-2/h9-10,13,15-16,23-26,28,45H,2,11-12,14,17-22,27,29-30H2,1,3-8H3,(H,47,49)/b32-31+,37-9+. The molecule has 1 aliphatic heterocycles. The van der Waals surface area contributed by atoms with Gasteiger partial charge in [-0.05, 0) is 131 Å². The van der Waals surface area contributed by atoms with Crippen molar-refractivity contribution in [3.8, 4) is 17.2 Å². The topological polar surface area (TPSA) is 85.0 Å². The molecule has 288 valence electrons. The maximum absolute atomic E-state index is 11.5. The lowest BCUT2D eigenvalue weighted by Crippen LogP contribution is -2.30. The number of nitrogens with one attached hydrogen (secondary N) is 2. The molecular weight excluding hydrogens is 704 g/mol. The quantitative estimate of drug-likeness (QED) is 0.0677. The number of halogens is 1. The highest BCUT2D eigenvalue weighted by Gasteiger charge is 2.17. The van der Waals surface area contributed by atoms with E-state index in [0.29, 0.717) is 56.0 Å². The van der Waals surface area contributed by atoms with Crippen molar-refractivity contribution < 1.29 is 19.0 Å². The third-order valence-corrected chi connectivity index (χ3v) is 11.4. The van der Waals surface area contributed by atoms with Crippen LogP contribution < -0.4 is 24.8 Å². The molecule has 1 aromatic heterocycles. The SMILES string of the molecule is C=CC(=O)NCCNCc1cc(Cl)c(OC/C(C)=C(C)/C(=C\C)c2cccc(OCCCN3CCCC3)c2C)cc1OCc1cncc(S(C)(C)C)c1. The van der Waals surface area contributed by atoms with Gasteiger partial charge in [0.25, 0.3) is 0 Å². The molecular formula is C43H59ClN4O4S. The van der Waals surface area contributed by atoms with Crippen molar-refractivity contribution in [3.63, 3.8) is 0 Å². The number of hydrogen-bond acceptors (Lipinski definition) is 7. The molecule has 0 bridgehead atoms. The highest BCUT2D eigenvalue weighted by Crippen LogP contribution is 2.45. The van der Waals surface area contributed by atoms with Gasteiger partial charge in [-0.15, -0.1) is 0 Å². The summed E-state index contributed by atoms with van der Waals surface area (Å²) in [7, 11) is -0.933. The first-order valence-corrected chi connectivity index (χ1v) is 21.7. The number of nitrogens with zero attached hydrogens (tertiary/aromatic N) is 2. The van der Waals surface area contributed by atoms with Gasteiger partial charge in [0.15, 0.2) is 0 Å². The van der Waals surface area contributed by atoms with Crippen molar-refractivity contribution in [1.29, 1.82) is 0 Å². The lowest BCUT2D eigenvalue weighted by molar-refractivity contribution is -0.116. The summed E-state index contributed by atoms with van der Waals surface area (Å²) >= 11 is 6.84. The number of hydrogen-bond donors (Lipinski definition) is 2. The average molecular weight is 763 g/mol. The van der Waals surface area contributed by atoms with E-state index in [1.807, 2.05) is 24.5 Å². The third kappa shape index (κ3) is 12.7. The summed E-state index contributed by atoms with van der Waals surface area (Å²) in [6.07, 6.45) is 17.6. The van der Waals surface area contributed by atoms with E-state index in [-0.39, 0.29) is 5.91 Å². The number of benzene rings is 2. The molecule has 0 atom stereocenters. The Morgan fingerprint density at radius 1 is 1.02 bits per heavy atom. The maximum Gasteiger partial charge on any atom is 0.243 e. The van der Waals surface area contributed by atoms with Gasteiger partial charge in [-0.2, -0.15) is 0 Å². The highest BCUT2D eigenvalue weighted by molar-refractivity contribution is 8.32. The van der Waals surface area contributed by atoms with Gasteiger partial charge in [0.1, 0.15) is 30.5 Å². The Hall–Kier alpha value is -3.76. The van der Waals surface area contributed by atoms with Crippen LogP contribution in [0, 0.1) is 6.92 Å². The van der Waals surface area contributed by atoms with Gasteiger partial charge >= 0.3 is 0 Å². The Kier molecular flexibility index (Phi) is 16.3. The maximum atomic E-state index is 11.5. The van der Waals surface area contributed by atoms with Crippen LogP contribution in [0.25, 0.3) is 5.57 Å². The number of pyridine rings is 1. The largest absolute Gasteiger partial charge is 0.493 e. The molecule has 10 heteroatoms. The van der Waals surface area contributed by atoms with E-state index in [1.165, 1.54) is 36.9 Å². The second kappa shape index (κ2) is 20.6. The molecule has 1 fully saturated rings.